The Morgan fingerprint density at radius 3 is 2.42 bits per heavy atom. The van der Waals surface area contributed by atoms with Crippen LogP contribution in [0.4, 0.5) is 17.3 Å². The summed E-state index contributed by atoms with van der Waals surface area (Å²) < 4.78 is 12.9. The Morgan fingerprint density at radius 1 is 0.895 bits per heavy atom. The van der Waals surface area contributed by atoms with Crippen molar-refractivity contribution in [1.82, 2.24) is 19.6 Å². The first-order valence-electron chi connectivity index (χ1n) is 13.0. The van der Waals surface area contributed by atoms with Gasteiger partial charge in [-0.15, -0.1) is 0 Å². The SMILES string of the molecule is Cc1cccc(/C=N/Nc2cc(N3CCOCC3)n3nc(-c4ccc(NN5CCOCC5)cc4)cc3n2)c1. The highest BCUT2D eigenvalue weighted by molar-refractivity contribution is 5.80. The number of morpholine rings is 2. The summed E-state index contributed by atoms with van der Waals surface area (Å²) in [5.41, 5.74) is 12.5. The lowest BCUT2D eigenvalue weighted by molar-refractivity contribution is 0.0497. The highest BCUT2D eigenvalue weighted by Crippen LogP contribution is 2.27. The summed E-state index contributed by atoms with van der Waals surface area (Å²) in [7, 11) is 0. The number of nitrogens with zero attached hydrogens (tertiary/aromatic N) is 6. The van der Waals surface area contributed by atoms with Gasteiger partial charge >= 0.3 is 0 Å². The van der Waals surface area contributed by atoms with Crippen molar-refractivity contribution < 1.29 is 9.47 Å². The van der Waals surface area contributed by atoms with E-state index in [2.05, 4.69) is 69.2 Å². The van der Waals surface area contributed by atoms with Crippen LogP contribution in [0, 0.1) is 6.92 Å². The zero-order chi connectivity index (χ0) is 25.7. The van der Waals surface area contributed by atoms with Crippen LogP contribution in [0.1, 0.15) is 11.1 Å². The lowest BCUT2D eigenvalue weighted by Gasteiger charge is -2.29. The molecule has 0 amide bonds. The molecule has 10 nitrogen and oxygen atoms in total. The molecule has 0 radical (unpaired) electrons. The summed E-state index contributed by atoms with van der Waals surface area (Å²) in [5, 5.41) is 11.6. The van der Waals surface area contributed by atoms with E-state index in [0.717, 1.165) is 73.4 Å². The molecule has 2 aliphatic heterocycles. The molecule has 6 rings (SSSR count). The number of ether oxygens (including phenoxy) is 2. The summed E-state index contributed by atoms with van der Waals surface area (Å²) in [5.74, 6) is 1.63. The fraction of sp³-hybridized carbons (Fsp3) is 0.321. The molecule has 0 saturated carbocycles. The van der Waals surface area contributed by atoms with Gasteiger partial charge in [-0.25, -0.2) is 9.99 Å². The topological polar surface area (TPSA) is 91.5 Å². The van der Waals surface area contributed by atoms with Gasteiger partial charge in [0.2, 0.25) is 0 Å². The van der Waals surface area contributed by atoms with Crippen LogP contribution in [-0.2, 0) is 9.47 Å². The van der Waals surface area contributed by atoms with Crippen LogP contribution in [0.25, 0.3) is 16.9 Å². The van der Waals surface area contributed by atoms with E-state index < -0.39 is 0 Å². The van der Waals surface area contributed by atoms with Crippen molar-refractivity contribution in [2.45, 2.75) is 6.92 Å². The van der Waals surface area contributed by atoms with Crippen LogP contribution >= 0.6 is 0 Å². The van der Waals surface area contributed by atoms with E-state index in [9.17, 15) is 0 Å². The van der Waals surface area contributed by atoms with Gasteiger partial charge in [0.05, 0.1) is 38.3 Å². The molecule has 2 N–H and O–H groups in total. The van der Waals surface area contributed by atoms with Crippen molar-refractivity contribution in [3.05, 3.63) is 71.8 Å². The number of hydrogen-bond donors (Lipinski definition) is 2. The predicted octanol–water partition coefficient (Wildman–Crippen LogP) is 3.65. The van der Waals surface area contributed by atoms with Gasteiger partial charge in [-0.05, 0) is 24.6 Å². The Hall–Kier alpha value is -3.99. The van der Waals surface area contributed by atoms with Crippen LogP contribution in [-0.4, -0.2) is 78.4 Å². The van der Waals surface area contributed by atoms with E-state index in [1.165, 1.54) is 5.56 Å². The van der Waals surface area contributed by atoms with Gasteiger partial charge in [0.15, 0.2) is 11.5 Å². The third-order valence-electron chi connectivity index (χ3n) is 6.66. The molecule has 4 aromatic rings. The van der Waals surface area contributed by atoms with Gasteiger partial charge < -0.3 is 19.8 Å². The molecule has 196 valence electrons. The fourth-order valence-corrected chi connectivity index (χ4v) is 4.67. The van der Waals surface area contributed by atoms with E-state index in [-0.39, 0.29) is 0 Å². The standard InChI is InChI=1S/C28H32N8O2/c1-21-3-2-4-22(17-21)20-29-31-26-19-28(34-9-13-37-14-10-34)36-27(30-26)18-25(33-36)23-5-7-24(8-6-23)32-35-11-15-38-16-12-35/h2-8,17-20,32H,9-16H2,1H3,(H,30,31)/b29-20+. The highest BCUT2D eigenvalue weighted by atomic mass is 16.5. The van der Waals surface area contributed by atoms with Gasteiger partial charge in [-0.3, -0.25) is 5.43 Å². The molecule has 10 heteroatoms. The van der Waals surface area contributed by atoms with Crippen molar-refractivity contribution in [2.24, 2.45) is 5.10 Å². The van der Waals surface area contributed by atoms with Crippen LogP contribution in [0.5, 0.6) is 0 Å². The first-order valence-corrected chi connectivity index (χ1v) is 13.0. The maximum absolute atomic E-state index is 5.58. The van der Waals surface area contributed by atoms with Gasteiger partial charge in [0.1, 0.15) is 5.82 Å². The first kappa shape index (κ1) is 24.4. The van der Waals surface area contributed by atoms with Crippen LogP contribution in [0.15, 0.2) is 65.8 Å². The second-order valence-corrected chi connectivity index (χ2v) is 9.47. The Kier molecular flexibility index (Phi) is 7.16. The van der Waals surface area contributed by atoms with Crippen molar-refractivity contribution in [3.8, 4) is 11.3 Å². The van der Waals surface area contributed by atoms with Crippen LogP contribution in [0.3, 0.4) is 0 Å². The maximum atomic E-state index is 5.58. The first-order chi connectivity index (χ1) is 18.7. The summed E-state index contributed by atoms with van der Waals surface area (Å²) in [6.45, 7) is 8.27. The second kappa shape index (κ2) is 11.2. The second-order valence-electron chi connectivity index (χ2n) is 9.47. The minimum atomic E-state index is 0.666. The molecule has 2 aromatic carbocycles. The normalized spacial score (nSPS) is 16.8. The average Bonchev–Trinajstić information content (AvgIpc) is 3.38. The third kappa shape index (κ3) is 5.62. The summed E-state index contributed by atoms with van der Waals surface area (Å²) >= 11 is 0. The fourth-order valence-electron chi connectivity index (χ4n) is 4.67. The van der Waals surface area contributed by atoms with E-state index in [1.54, 1.807) is 0 Å². The zero-order valence-electron chi connectivity index (χ0n) is 21.5. The Balaban J connectivity index is 1.27. The molecule has 38 heavy (non-hydrogen) atoms. The molecule has 2 aromatic heterocycles. The molecular weight excluding hydrogens is 480 g/mol. The van der Waals surface area contributed by atoms with E-state index in [0.29, 0.717) is 19.0 Å². The van der Waals surface area contributed by atoms with Crippen LogP contribution < -0.4 is 15.8 Å². The Labute approximate surface area is 221 Å². The van der Waals surface area contributed by atoms with Gasteiger partial charge in [0.25, 0.3) is 0 Å². The van der Waals surface area contributed by atoms with Crippen molar-refractivity contribution in [1.29, 1.82) is 0 Å². The number of benzene rings is 2. The molecule has 2 saturated heterocycles. The number of fused-ring (bicyclic) bond motifs is 1. The predicted molar refractivity (Wildman–Crippen MR) is 150 cm³/mol. The van der Waals surface area contributed by atoms with E-state index in [1.807, 2.05) is 35.0 Å². The van der Waals surface area contributed by atoms with Gasteiger partial charge in [0, 0.05) is 49.6 Å². The summed E-state index contributed by atoms with van der Waals surface area (Å²) in [4.78, 5) is 7.08. The van der Waals surface area contributed by atoms with Gasteiger partial charge in [-0.2, -0.15) is 14.7 Å². The number of aromatic nitrogens is 3. The number of hydrogen-bond acceptors (Lipinski definition) is 9. The molecule has 0 unspecified atom stereocenters. The maximum Gasteiger partial charge on any atom is 0.160 e. The minimum absolute atomic E-state index is 0.666. The number of hydrazine groups is 1. The molecule has 0 aliphatic carbocycles. The monoisotopic (exact) mass is 512 g/mol. The summed E-state index contributed by atoms with van der Waals surface area (Å²) in [6.07, 6.45) is 1.81. The van der Waals surface area contributed by atoms with Crippen molar-refractivity contribution in [3.63, 3.8) is 0 Å². The van der Waals surface area contributed by atoms with E-state index in [4.69, 9.17) is 19.6 Å². The number of nitrogens with one attached hydrogen (secondary N) is 2. The molecule has 2 fully saturated rings. The highest BCUT2D eigenvalue weighted by Gasteiger charge is 2.18. The zero-order valence-corrected chi connectivity index (χ0v) is 21.5. The summed E-state index contributed by atoms with van der Waals surface area (Å²) in [6, 6.07) is 20.6. The molecule has 4 heterocycles. The Morgan fingerprint density at radius 2 is 1.66 bits per heavy atom. The lowest BCUT2D eigenvalue weighted by Crippen LogP contribution is -2.40. The van der Waals surface area contributed by atoms with Gasteiger partial charge in [-0.1, -0.05) is 42.0 Å². The Bertz CT molecular complexity index is 1410. The molecule has 0 atom stereocenters. The van der Waals surface area contributed by atoms with Crippen LogP contribution in [0.2, 0.25) is 0 Å². The smallest absolute Gasteiger partial charge is 0.160 e. The number of rotatable bonds is 7. The largest absolute Gasteiger partial charge is 0.379 e. The molecular formula is C28H32N8O2. The average molecular weight is 513 g/mol. The minimum Gasteiger partial charge on any atom is -0.379 e. The van der Waals surface area contributed by atoms with Crippen molar-refractivity contribution in [2.75, 3.05) is 68.4 Å². The molecule has 0 bridgehead atoms. The van der Waals surface area contributed by atoms with E-state index >= 15 is 0 Å². The quantitative estimate of drug-likeness (QED) is 0.287. The number of anilines is 3. The number of hydrazone groups is 1. The third-order valence-corrected chi connectivity index (χ3v) is 6.66. The molecule has 2 aliphatic rings. The molecule has 0 spiro atoms. The lowest BCUT2D eigenvalue weighted by atomic mass is 10.1. The number of aryl methyl sites for hydroxylation is 1. The van der Waals surface area contributed by atoms with Crippen molar-refractivity contribution >= 4 is 29.2 Å².